The van der Waals surface area contributed by atoms with Crippen LogP contribution in [0.15, 0.2) is 36.5 Å². The highest BCUT2D eigenvalue weighted by molar-refractivity contribution is 7.15. The summed E-state index contributed by atoms with van der Waals surface area (Å²) in [7, 11) is 0. The molecule has 3 aromatic rings. The lowest BCUT2D eigenvalue weighted by Gasteiger charge is -2.06. The van der Waals surface area contributed by atoms with E-state index < -0.39 is 0 Å². The van der Waals surface area contributed by atoms with Gasteiger partial charge in [-0.2, -0.15) is 0 Å². The fourth-order valence-corrected chi connectivity index (χ4v) is 3.09. The van der Waals surface area contributed by atoms with Crippen LogP contribution in [0.25, 0.3) is 10.6 Å². The summed E-state index contributed by atoms with van der Waals surface area (Å²) in [5, 5.41) is 4.86. The molecule has 0 radical (unpaired) electrons. The quantitative estimate of drug-likeness (QED) is 0.766. The molecule has 0 aliphatic carbocycles. The number of nitrogens with zero attached hydrogens (tertiary/aromatic N) is 3. The Kier molecular flexibility index (Phi) is 3.86. The molecule has 21 heavy (non-hydrogen) atoms. The van der Waals surface area contributed by atoms with Gasteiger partial charge < -0.3 is 5.32 Å². The van der Waals surface area contributed by atoms with Crippen LogP contribution in [0, 0.1) is 13.8 Å². The maximum Gasteiger partial charge on any atom is 0.227 e. The first kappa shape index (κ1) is 14.0. The van der Waals surface area contributed by atoms with Crippen LogP contribution >= 0.6 is 22.9 Å². The number of thiazole rings is 1. The van der Waals surface area contributed by atoms with Gasteiger partial charge in [-0.15, -0.1) is 11.3 Å². The van der Waals surface area contributed by atoms with E-state index in [9.17, 15) is 0 Å². The van der Waals surface area contributed by atoms with E-state index in [2.05, 4.69) is 20.3 Å². The van der Waals surface area contributed by atoms with Crippen LogP contribution in [-0.2, 0) is 0 Å². The van der Waals surface area contributed by atoms with Gasteiger partial charge in [0.05, 0.1) is 21.3 Å². The van der Waals surface area contributed by atoms with Crippen LogP contribution in [0.4, 0.5) is 11.6 Å². The molecular formula is C15H13ClN4S. The molecule has 0 bridgehead atoms. The minimum absolute atomic E-state index is 0.542. The molecule has 0 saturated carbocycles. The standard InChI is InChI=1S/C15H13ClN4S/c1-9-14(21-10(2)18-9)13-6-7-17-15(20-13)19-12-5-3-4-11(16)8-12/h3-8H,1-2H3,(H,17,19,20). The van der Waals surface area contributed by atoms with Gasteiger partial charge in [0.2, 0.25) is 5.95 Å². The topological polar surface area (TPSA) is 50.7 Å². The van der Waals surface area contributed by atoms with Gasteiger partial charge in [-0.05, 0) is 38.1 Å². The van der Waals surface area contributed by atoms with Crippen molar-refractivity contribution in [3.8, 4) is 10.6 Å². The average molecular weight is 317 g/mol. The van der Waals surface area contributed by atoms with Crippen LogP contribution in [0.5, 0.6) is 0 Å². The number of benzene rings is 1. The molecule has 2 heterocycles. The first-order chi connectivity index (χ1) is 10.1. The number of aryl methyl sites for hydroxylation is 2. The lowest BCUT2D eigenvalue weighted by atomic mass is 10.3. The number of aromatic nitrogens is 3. The van der Waals surface area contributed by atoms with Gasteiger partial charge in [-0.1, -0.05) is 17.7 Å². The van der Waals surface area contributed by atoms with Crippen molar-refractivity contribution < 1.29 is 0 Å². The molecular weight excluding hydrogens is 304 g/mol. The Balaban J connectivity index is 1.92. The number of anilines is 2. The van der Waals surface area contributed by atoms with Crippen molar-refractivity contribution in [3.05, 3.63) is 52.3 Å². The Morgan fingerprint density at radius 1 is 1.14 bits per heavy atom. The molecule has 6 heteroatoms. The van der Waals surface area contributed by atoms with Gasteiger partial charge >= 0.3 is 0 Å². The zero-order chi connectivity index (χ0) is 14.8. The molecule has 0 spiro atoms. The molecule has 1 aromatic carbocycles. The predicted octanol–water partition coefficient (Wildman–Crippen LogP) is 4.61. The molecule has 4 nitrogen and oxygen atoms in total. The highest BCUT2D eigenvalue weighted by atomic mass is 35.5. The summed E-state index contributed by atoms with van der Waals surface area (Å²) in [6.07, 6.45) is 1.74. The summed E-state index contributed by atoms with van der Waals surface area (Å²) < 4.78 is 0. The van der Waals surface area contributed by atoms with Crippen molar-refractivity contribution in [3.63, 3.8) is 0 Å². The largest absolute Gasteiger partial charge is 0.324 e. The van der Waals surface area contributed by atoms with E-state index >= 15 is 0 Å². The highest BCUT2D eigenvalue weighted by Gasteiger charge is 2.10. The third-order valence-corrected chi connectivity index (χ3v) is 4.20. The lowest BCUT2D eigenvalue weighted by Crippen LogP contribution is -1.97. The number of hydrogen-bond acceptors (Lipinski definition) is 5. The maximum atomic E-state index is 5.97. The normalized spacial score (nSPS) is 10.6. The van der Waals surface area contributed by atoms with Crippen LogP contribution < -0.4 is 5.32 Å². The van der Waals surface area contributed by atoms with Crippen LogP contribution in [0.2, 0.25) is 5.02 Å². The van der Waals surface area contributed by atoms with Gasteiger partial charge in [-0.25, -0.2) is 15.0 Å². The molecule has 3 rings (SSSR count). The van der Waals surface area contributed by atoms with E-state index in [1.807, 2.05) is 44.2 Å². The van der Waals surface area contributed by atoms with Crippen molar-refractivity contribution in [2.24, 2.45) is 0 Å². The summed E-state index contributed by atoms with van der Waals surface area (Å²) in [5.41, 5.74) is 2.72. The second-order valence-corrected chi connectivity index (χ2v) is 6.19. The first-order valence-corrected chi connectivity index (χ1v) is 7.61. The molecule has 0 aliphatic rings. The molecule has 0 fully saturated rings. The van der Waals surface area contributed by atoms with Crippen molar-refractivity contribution in [2.45, 2.75) is 13.8 Å². The Labute approximate surface area is 131 Å². The van der Waals surface area contributed by atoms with Gasteiger partial charge in [0.25, 0.3) is 0 Å². The van der Waals surface area contributed by atoms with Crippen molar-refractivity contribution in [2.75, 3.05) is 5.32 Å². The fraction of sp³-hybridized carbons (Fsp3) is 0.133. The van der Waals surface area contributed by atoms with Gasteiger partial charge in [0, 0.05) is 16.9 Å². The Morgan fingerprint density at radius 2 is 2.00 bits per heavy atom. The van der Waals surface area contributed by atoms with E-state index in [4.69, 9.17) is 11.6 Å². The molecule has 106 valence electrons. The van der Waals surface area contributed by atoms with Crippen molar-refractivity contribution in [1.82, 2.24) is 15.0 Å². The van der Waals surface area contributed by atoms with E-state index in [1.54, 1.807) is 17.5 Å². The number of nitrogens with one attached hydrogen (secondary N) is 1. The zero-order valence-electron chi connectivity index (χ0n) is 11.6. The minimum atomic E-state index is 0.542. The summed E-state index contributed by atoms with van der Waals surface area (Å²) in [5.74, 6) is 0.542. The van der Waals surface area contributed by atoms with Gasteiger partial charge in [-0.3, -0.25) is 0 Å². The van der Waals surface area contributed by atoms with E-state index in [1.165, 1.54) is 0 Å². The number of rotatable bonds is 3. The fourth-order valence-electron chi connectivity index (χ4n) is 2.01. The Morgan fingerprint density at radius 3 is 2.71 bits per heavy atom. The predicted molar refractivity (Wildman–Crippen MR) is 87.3 cm³/mol. The molecule has 2 aromatic heterocycles. The number of halogens is 1. The summed E-state index contributed by atoms with van der Waals surface area (Å²) in [6, 6.07) is 9.35. The van der Waals surface area contributed by atoms with Crippen LogP contribution in [-0.4, -0.2) is 15.0 Å². The monoisotopic (exact) mass is 316 g/mol. The Bertz CT molecular complexity index is 785. The van der Waals surface area contributed by atoms with E-state index in [-0.39, 0.29) is 0 Å². The van der Waals surface area contributed by atoms with E-state index in [0.717, 1.165) is 27.0 Å². The summed E-state index contributed by atoms with van der Waals surface area (Å²) in [6.45, 7) is 3.98. The molecule has 0 amide bonds. The molecule has 0 unspecified atom stereocenters. The second-order valence-electron chi connectivity index (χ2n) is 4.55. The SMILES string of the molecule is Cc1nc(C)c(-c2ccnc(Nc3cccc(Cl)c3)n2)s1. The third kappa shape index (κ3) is 3.20. The smallest absolute Gasteiger partial charge is 0.227 e. The number of hydrogen-bond donors (Lipinski definition) is 1. The van der Waals surface area contributed by atoms with E-state index in [0.29, 0.717) is 11.0 Å². The van der Waals surface area contributed by atoms with Crippen LogP contribution in [0.1, 0.15) is 10.7 Å². The lowest BCUT2D eigenvalue weighted by molar-refractivity contribution is 1.16. The highest BCUT2D eigenvalue weighted by Crippen LogP contribution is 2.28. The molecule has 1 N–H and O–H groups in total. The zero-order valence-corrected chi connectivity index (χ0v) is 13.2. The Hall–Kier alpha value is -1.98. The third-order valence-electron chi connectivity index (χ3n) is 2.87. The van der Waals surface area contributed by atoms with Crippen molar-refractivity contribution >= 4 is 34.6 Å². The van der Waals surface area contributed by atoms with Crippen molar-refractivity contribution in [1.29, 1.82) is 0 Å². The summed E-state index contributed by atoms with van der Waals surface area (Å²) in [4.78, 5) is 14.3. The minimum Gasteiger partial charge on any atom is -0.324 e. The molecule has 0 aliphatic heterocycles. The summed E-state index contributed by atoms with van der Waals surface area (Å²) >= 11 is 7.61. The molecule has 0 atom stereocenters. The maximum absolute atomic E-state index is 5.97. The second kappa shape index (κ2) is 5.79. The van der Waals surface area contributed by atoms with Gasteiger partial charge in [0.1, 0.15) is 0 Å². The first-order valence-electron chi connectivity index (χ1n) is 6.42. The van der Waals surface area contributed by atoms with Gasteiger partial charge in [0.15, 0.2) is 0 Å². The molecule has 0 saturated heterocycles. The van der Waals surface area contributed by atoms with Crippen LogP contribution in [0.3, 0.4) is 0 Å². The average Bonchev–Trinajstić information content (AvgIpc) is 2.78.